The minimum Gasteiger partial charge on any atom is -0.506 e. The summed E-state index contributed by atoms with van der Waals surface area (Å²) >= 11 is 17.9. The van der Waals surface area contributed by atoms with E-state index in [1.807, 2.05) is 24.3 Å². The molecule has 23 heavy (non-hydrogen) atoms. The summed E-state index contributed by atoms with van der Waals surface area (Å²) in [6.45, 7) is 4.31. The SMILES string of the molecule is Oc1c(Cl)cc(Cl)cc1CN1CCN(c2ccc(Cl)cc2)CC1. The Hall–Kier alpha value is -1.13. The van der Waals surface area contributed by atoms with Crippen LogP contribution in [0.3, 0.4) is 0 Å². The lowest BCUT2D eigenvalue weighted by atomic mass is 10.1. The Morgan fingerprint density at radius 1 is 0.870 bits per heavy atom. The zero-order valence-corrected chi connectivity index (χ0v) is 14.7. The predicted octanol–water partition coefficient (Wildman–Crippen LogP) is 4.67. The van der Waals surface area contributed by atoms with Crippen molar-refractivity contribution in [2.45, 2.75) is 6.54 Å². The molecule has 0 spiro atoms. The van der Waals surface area contributed by atoms with Crippen molar-refractivity contribution in [3.63, 3.8) is 0 Å². The molecule has 6 heteroatoms. The van der Waals surface area contributed by atoms with E-state index in [1.54, 1.807) is 12.1 Å². The number of phenols is 1. The Labute approximate surface area is 151 Å². The minimum atomic E-state index is 0.121. The van der Waals surface area contributed by atoms with Crippen LogP contribution in [-0.4, -0.2) is 36.2 Å². The highest BCUT2D eigenvalue weighted by Gasteiger charge is 2.19. The molecule has 122 valence electrons. The van der Waals surface area contributed by atoms with Gasteiger partial charge in [0.15, 0.2) is 0 Å². The van der Waals surface area contributed by atoms with Crippen LogP contribution in [0.4, 0.5) is 5.69 Å². The Kier molecular flexibility index (Phi) is 5.22. The number of hydrogen-bond acceptors (Lipinski definition) is 3. The van der Waals surface area contributed by atoms with Gasteiger partial charge in [-0.25, -0.2) is 0 Å². The molecule has 0 atom stereocenters. The molecule has 3 nitrogen and oxygen atoms in total. The highest BCUT2D eigenvalue weighted by molar-refractivity contribution is 6.35. The van der Waals surface area contributed by atoms with Crippen molar-refractivity contribution in [2.75, 3.05) is 31.1 Å². The fourth-order valence-electron chi connectivity index (χ4n) is 2.80. The molecule has 2 aromatic rings. The van der Waals surface area contributed by atoms with Crippen LogP contribution in [0.1, 0.15) is 5.56 Å². The molecule has 1 heterocycles. The summed E-state index contributed by atoms with van der Waals surface area (Å²) in [7, 11) is 0. The molecule has 3 rings (SSSR count). The number of nitrogens with zero attached hydrogens (tertiary/aromatic N) is 2. The highest BCUT2D eigenvalue weighted by atomic mass is 35.5. The zero-order chi connectivity index (χ0) is 16.4. The summed E-state index contributed by atoms with van der Waals surface area (Å²) in [4.78, 5) is 4.62. The summed E-state index contributed by atoms with van der Waals surface area (Å²) in [6.07, 6.45) is 0. The Balaban J connectivity index is 1.62. The van der Waals surface area contributed by atoms with Gasteiger partial charge in [0.05, 0.1) is 5.02 Å². The van der Waals surface area contributed by atoms with Crippen molar-refractivity contribution in [1.82, 2.24) is 4.90 Å². The molecule has 1 fully saturated rings. The molecular weight excluding hydrogens is 355 g/mol. The third kappa shape index (κ3) is 4.04. The minimum absolute atomic E-state index is 0.121. The van der Waals surface area contributed by atoms with E-state index in [0.717, 1.165) is 36.8 Å². The van der Waals surface area contributed by atoms with Crippen LogP contribution in [0.15, 0.2) is 36.4 Å². The van der Waals surface area contributed by atoms with Crippen molar-refractivity contribution < 1.29 is 5.11 Å². The van der Waals surface area contributed by atoms with Crippen LogP contribution in [0.5, 0.6) is 5.75 Å². The first kappa shape index (κ1) is 16.7. The van der Waals surface area contributed by atoms with E-state index >= 15 is 0 Å². The Morgan fingerprint density at radius 3 is 2.17 bits per heavy atom. The molecule has 0 radical (unpaired) electrons. The molecule has 0 bridgehead atoms. The molecule has 1 aliphatic heterocycles. The van der Waals surface area contributed by atoms with Crippen molar-refractivity contribution in [1.29, 1.82) is 0 Å². The molecule has 0 unspecified atom stereocenters. The summed E-state index contributed by atoms with van der Waals surface area (Å²) < 4.78 is 0. The van der Waals surface area contributed by atoms with Crippen molar-refractivity contribution in [2.24, 2.45) is 0 Å². The molecule has 0 saturated carbocycles. The fraction of sp³-hybridized carbons (Fsp3) is 0.294. The number of benzene rings is 2. The number of phenolic OH excluding ortho intramolecular Hbond substituents is 1. The standard InChI is InChI=1S/C17H17Cl3N2O/c18-13-1-3-15(4-2-13)22-7-5-21(6-8-22)11-12-9-14(19)10-16(20)17(12)23/h1-4,9-10,23H,5-8,11H2. The molecule has 0 aromatic heterocycles. The maximum atomic E-state index is 10.1. The summed E-state index contributed by atoms with van der Waals surface area (Å²) in [5, 5.41) is 11.7. The van der Waals surface area contributed by atoms with Gasteiger partial charge in [0.2, 0.25) is 0 Å². The molecule has 0 amide bonds. The summed E-state index contributed by atoms with van der Waals surface area (Å²) in [6, 6.07) is 11.2. The number of piperazine rings is 1. The summed E-state index contributed by atoms with van der Waals surface area (Å²) in [5.74, 6) is 0.121. The molecule has 0 aliphatic carbocycles. The van der Waals surface area contributed by atoms with Crippen LogP contribution in [0.2, 0.25) is 15.1 Å². The number of aromatic hydroxyl groups is 1. The smallest absolute Gasteiger partial charge is 0.138 e. The number of hydrogen-bond donors (Lipinski definition) is 1. The second-order valence-electron chi connectivity index (χ2n) is 5.63. The molecule has 1 N–H and O–H groups in total. The largest absolute Gasteiger partial charge is 0.506 e. The van der Waals surface area contributed by atoms with E-state index in [0.29, 0.717) is 16.6 Å². The van der Waals surface area contributed by atoms with Gasteiger partial charge in [0.25, 0.3) is 0 Å². The molecule has 1 aliphatic rings. The van der Waals surface area contributed by atoms with Crippen LogP contribution in [0, 0.1) is 0 Å². The zero-order valence-electron chi connectivity index (χ0n) is 12.5. The first-order chi connectivity index (χ1) is 11.0. The fourth-order valence-corrected chi connectivity index (χ4v) is 3.46. The number of halogens is 3. The van der Waals surface area contributed by atoms with E-state index in [2.05, 4.69) is 9.80 Å². The lowest BCUT2D eigenvalue weighted by Gasteiger charge is -2.36. The topological polar surface area (TPSA) is 26.7 Å². The predicted molar refractivity (Wildman–Crippen MR) is 97.1 cm³/mol. The Bertz CT molecular complexity index is 683. The van der Waals surface area contributed by atoms with E-state index in [1.165, 1.54) is 5.69 Å². The van der Waals surface area contributed by atoms with Gasteiger partial charge in [-0.3, -0.25) is 4.90 Å². The molecule has 1 saturated heterocycles. The second kappa shape index (κ2) is 7.18. The van der Waals surface area contributed by atoms with Gasteiger partial charge >= 0.3 is 0 Å². The first-order valence-corrected chi connectivity index (χ1v) is 8.56. The monoisotopic (exact) mass is 370 g/mol. The average molecular weight is 372 g/mol. The third-order valence-electron chi connectivity index (χ3n) is 4.07. The van der Waals surface area contributed by atoms with Crippen LogP contribution in [0.25, 0.3) is 0 Å². The van der Waals surface area contributed by atoms with Gasteiger partial charge in [-0.05, 0) is 36.4 Å². The molecule has 2 aromatic carbocycles. The number of rotatable bonds is 3. The van der Waals surface area contributed by atoms with Gasteiger partial charge < -0.3 is 10.0 Å². The normalized spacial score (nSPS) is 15.9. The maximum Gasteiger partial charge on any atom is 0.138 e. The van der Waals surface area contributed by atoms with Gasteiger partial charge in [-0.15, -0.1) is 0 Å². The van der Waals surface area contributed by atoms with Crippen LogP contribution in [-0.2, 0) is 6.54 Å². The maximum absolute atomic E-state index is 10.1. The quantitative estimate of drug-likeness (QED) is 0.849. The van der Waals surface area contributed by atoms with Gasteiger partial charge in [-0.2, -0.15) is 0 Å². The van der Waals surface area contributed by atoms with Crippen molar-refractivity contribution >= 4 is 40.5 Å². The van der Waals surface area contributed by atoms with Crippen molar-refractivity contribution in [3.8, 4) is 5.75 Å². The van der Waals surface area contributed by atoms with Crippen molar-refractivity contribution in [3.05, 3.63) is 57.0 Å². The third-order valence-corrected chi connectivity index (χ3v) is 4.82. The van der Waals surface area contributed by atoms with Crippen LogP contribution >= 0.6 is 34.8 Å². The lowest BCUT2D eigenvalue weighted by Crippen LogP contribution is -2.45. The highest BCUT2D eigenvalue weighted by Crippen LogP contribution is 2.32. The van der Waals surface area contributed by atoms with Gasteiger partial charge in [0, 0.05) is 54.0 Å². The van der Waals surface area contributed by atoms with E-state index < -0.39 is 0 Å². The Morgan fingerprint density at radius 2 is 1.52 bits per heavy atom. The van der Waals surface area contributed by atoms with E-state index in [4.69, 9.17) is 34.8 Å². The van der Waals surface area contributed by atoms with E-state index in [9.17, 15) is 5.11 Å². The lowest BCUT2D eigenvalue weighted by molar-refractivity contribution is 0.247. The molecular formula is C17H17Cl3N2O. The average Bonchev–Trinajstić information content (AvgIpc) is 2.54. The van der Waals surface area contributed by atoms with E-state index in [-0.39, 0.29) is 5.75 Å². The summed E-state index contributed by atoms with van der Waals surface area (Å²) in [5.41, 5.74) is 1.95. The first-order valence-electron chi connectivity index (χ1n) is 7.42. The van der Waals surface area contributed by atoms with Gasteiger partial charge in [-0.1, -0.05) is 34.8 Å². The second-order valence-corrected chi connectivity index (χ2v) is 6.92. The van der Waals surface area contributed by atoms with Gasteiger partial charge in [0.1, 0.15) is 5.75 Å². The number of anilines is 1. The van der Waals surface area contributed by atoms with Crippen LogP contribution < -0.4 is 4.90 Å².